The van der Waals surface area contributed by atoms with E-state index in [1.807, 2.05) is 0 Å². The minimum atomic E-state index is -4.00. The number of unbranched alkanes of at least 4 members (excludes halogenated alkanes) is 6. The molecule has 1 N–H and O–H groups in total. The van der Waals surface area contributed by atoms with E-state index in [1.165, 1.54) is 38.5 Å². The van der Waals surface area contributed by atoms with Gasteiger partial charge in [-0.3, -0.25) is 0 Å². The summed E-state index contributed by atoms with van der Waals surface area (Å²) in [4.78, 5) is 0. The minimum Gasteiger partial charge on any atom is -0.314 e. The molecule has 0 aromatic carbocycles. The molecule has 0 bridgehead atoms. The smallest absolute Gasteiger partial charge is 0.314 e. The van der Waals surface area contributed by atoms with Crippen LogP contribution >= 0.6 is 0 Å². The van der Waals surface area contributed by atoms with Gasteiger partial charge in [0.05, 0.1) is 5.92 Å². The van der Waals surface area contributed by atoms with Crippen LogP contribution in [0.2, 0.25) is 0 Å². The van der Waals surface area contributed by atoms with Gasteiger partial charge in [0.1, 0.15) is 0 Å². The number of hydrogen-bond donors (Lipinski definition) is 1. The van der Waals surface area contributed by atoms with E-state index in [9.17, 15) is 13.2 Å². The first-order chi connectivity index (χ1) is 9.04. The Kier molecular flexibility index (Phi) is 7.81. The van der Waals surface area contributed by atoms with E-state index in [-0.39, 0.29) is 18.9 Å². The van der Waals surface area contributed by atoms with Crippen LogP contribution in [0.4, 0.5) is 13.2 Å². The van der Waals surface area contributed by atoms with Gasteiger partial charge in [-0.25, -0.2) is 0 Å². The number of halogens is 3. The van der Waals surface area contributed by atoms with Crippen LogP contribution in [0.15, 0.2) is 0 Å². The van der Waals surface area contributed by atoms with Crippen LogP contribution in [-0.4, -0.2) is 18.8 Å². The zero-order chi connectivity index (χ0) is 14.1. The van der Waals surface area contributed by atoms with Crippen molar-refractivity contribution in [3.8, 4) is 0 Å². The standard InChI is InChI=1S/C15H28F3N/c1-2-3-4-5-6-7-8-9-14-12-13(10-11-19-14)15(16,17)18/h13-14,19H,2-12H2,1H3. The van der Waals surface area contributed by atoms with Crippen molar-refractivity contribution in [3.63, 3.8) is 0 Å². The first-order valence-electron chi connectivity index (χ1n) is 7.84. The molecule has 4 heteroatoms. The van der Waals surface area contributed by atoms with Gasteiger partial charge in [-0.1, -0.05) is 51.9 Å². The molecule has 1 aliphatic heterocycles. The molecule has 1 saturated heterocycles. The van der Waals surface area contributed by atoms with Gasteiger partial charge in [0.2, 0.25) is 0 Å². The molecule has 0 amide bonds. The average molecular weight is 279 g/mol. The highest BCUT2D eigenvalue weighted by Crippen LogP contribution is 2.34. The zero-order valence-electron chi connectivity index (χ0n) is 12.1. The Morgan fingerprint density at radius 2 is 1.63 bits per heavy atom. The van der Waals surface area contributed by atoms with Gasteiger partial charge in [-0.2, -0.15) is 13.2 Å². The predicted octanol–water partition coefficient (Wildman–Crippen LogP) is 5.06. The Labute approximate surface area is 115 Å². The van der Waals surface area contributed by atoms with Crippen LogP contribution in [0.3, 0.4) is 0 Å². The quantitative estimate of drug-likeness (QED) is 0.612. The maximum absolute atomic E-state index is 12.6. The lowest BCUT2D eigenvalue weighted by molar-refractivity contribution is -0.183. The summed E-state index contributed by atoms with van der Waals surface area (Å²) >= 11 is 0. The van der Waals surface area contributed by atoms with Crippen molar-refractivity contribution in [2.24, 2.45) is 5.92 Å². The third-order valence-corrected chi connectivity index (χ3v) is 4.11. The van der Waals surface area contributed by atoms with E-state index in [2.05, 4.69) is 12.2 Å². The van der Waals surface area contributed by atoms with E-state index >= 15 is 0 Å². The molecule has 0 aliphatic carbocycles. The Balaban J connectivity index is 2.06. The summed E-state index contributed by atoms with van der Waals surface area (Å²) in [7, 11) is 0. The summed E-state index contributed by atoms with van der Waals surface area (Å²) in [6.07, 6.45) is 6.02. The molecular weight excluding hydrogens is 251 g/mol. The van der Waals surface area contributed by atoms with Crippen LogP contribution < -0.4 is 5.32 Å². The molecule has 2 atom stereocenters. The predicted molar refractivity (Wildman–Crippen MR) is 73.2 cm³/mol. The number of rotatable bonds is 8. The van der Waals surface area contributed by atoms with Crippen molar-refractivity contribution in [2.45, 2.75) is 83.4 Å². The van der Waals surface area contributed by atoms with Crippen LogP contribution in [-0.2, 0) is 0 Å². The molecule has 0 spiro atoms. The van der Waals surface area contributed by atoms with Crippen molar-refractivity contribution < 1.29 is 13.2 Å². The SMILES string of the molecule is CCCCCCCCCC1CC(C(F)(F)F)CCN1. The van der Waals surface area contributed by atoms with E-state index in [4.69, 9.17) is 0 Å². The third-order valence-electron chi connectivity index (χ3n) is 4.11. The molecule has 0 aromatic heterocycles. The van der Waals surface area contributed by atoms with Gasteiger partial charge in [0, 0.05) is 6.04 Å². The summed E-state index contributed by atoms with van der Waals surface area (Å²) in [5, 5.41) is 3.23. The maximum Gasteiger partial charge on any atom is 0.391 e. The second kappa shape index (κ2) is 8.83. The highest BCUT2D eigenvalue weighted by atomic mass is 19.4. The molecule has 1 rings (SSSR count). The molecule has 2 unspecified atom stereocenters. The molecule has 0 aromatic rings. The molecule has 1 heterocycles. The summed E-state index contributed by atoms with van der Waals surface area (Å²) < 4.78 is 37.9. The summed E-state index contributed by atoms with van der Waals surface area (Å²) in [5.41, 5.74) is 0. The lowest BCUT2D eigenvalue weighted by atomic mass is 9.89. The molecule has 1 nitrogen and oxygen atoms in total. The number of hydrogen-bond acceptors (Lipinski definition) is 1. The molecule has 114 valence electrons. The number of nitrogens with one attached hydrogen (secondary N) is 1. The fraction of sp³-hybridized carbons (Fsp3) is 1.00. The Morgan fingerprint density at radius 3 is 2.26 bits per heavy atom. The van der Waals surface area contributed by atoms with Crippen LogP contribution in [0.1, 0.15) is 71.1 Å². The van der Waals surface area contributed by atoms with Gasteiger partial charge in [-0.15, -0.1) is 0 Å². The minimum absolute atomic E-state index is 0.0796. The molecule has 19 heavy (non-hydrogen) atoms. The average Bonchev–Trinajstić information content (AvgIpc) is 2.37. The fourth-order valence-electron chi connectivity index (χ4n) is 2.87. The van der Waals surface area contributed by atoms with E-state index in [1.54, 1.807) is 0 Å². The Morgan fingerprint density at radius 1 is 1.00 bits per heavy atom. The van der Waals surface area contributed by atoms with Gasteiger partial charge >= 0.3 is 6.18 Å². The molecule has 1 fully saturated rings. The molecule has 0 saturated carbocycles. The lowest BCUT2D eigenvalue weighted by Gasteiger charge is -2.31. The first kappa shape index (κ1) is 16.8. The summed E-state index contributed by atoms with van der Waals surface area (Å²) in [5.74, 6) is -1.08. The Bertz CT molecular complexity index is 228. The van der Waals surface area contributed by atoms with Crippen molar-refractivity contribution in [1.82, 2.24) is 5.32 Å². The molecular formula is C15H28F3N. The largest absolute Gasteiger partial charge is 0.391 e. The van der Waals surface area contributed by atoms with Crippen LogP contribution in [0.25, 0.3) is 0 Å². The number of piperidine rings is 1. The summed E-state index contributed by atoms with van der Waals surface area (Å²) in [6, 6.07) is 0.0796. The van der Waals surface area contributed by atoms with Crippen molar-refractivity contribution in [3.05, 3.63) is 0 Å². The monoisotopic (exact) mass is 279 g/mol. The third kappa shape index (κ3) is 7.19. The van der Waals surface area contributed by atoms with Crippen molar-refractivity contribution in [1.29, 1.82) is 0 Å². The van der Waals surface area contributed by atoms with Gasteiger partial charge in [0.15, 0.2) is 0 Å². The normalized spacial score (nSPS) is 24.6. The maximum atomic E-state index is 12.6. The van der Waals surface area contributed by atoms with E-state index < -0.39 is 12.1 Å². The van der Waals surface area contributed by atoms with Gasteiger partial charge in [-0.05, 0) is 25.8 Å². The highest BCUT2D eigenvalue weighted by molar-refractivity contribution is 4.82. The topological polar surface area (TPSA) is 12.0 Å². The summed E-state index contributed by atoms with van der Waals surface area (Å²) in [6.45, 7) is 2.72. The second-order valence-corrected chi connectivity index (χ2v) is 5.82. The van der Waals surface area contributed by atoms with Crippen molar-refractivity contribution in [2.75, 3.05) is 6.54 Å². The van der Waals surface area contributed by atoms with Crippen molar-refractivity contribution >= 4 is 0 Å². The highest BCUT2D eigenvalue weighted by Gasteiger charge is 2.41. The van der Waals surface area contributed by atoms with Crippen LogP contribution in [0, 0.1) is 5.92 Å². The lowest BCUT2D eigenvalue weighted by Crippen LogP contribution is -2.42. The second-order valence-electron chi connectivity index (χ2n) is 5.82. The molecule has 1 aliphatic rings. The van der Waals surface area contributed by atoms with Crippen LogP contribution in [0.5, 0.6) is 0 Å². The fourth-order valence-corrected chi connectivity index (χ4v) is 2.87. The molecule has 0 radical (unpaired) electrons. The van der Waals surface area contributed by atoms with Gasteiger partial charge in [0.25, 0.3) is 0 Å². The Hall–Kier alpha value is -0.250. The zero-order valence-corrected chi connectivity index (χ0v) is 12.1. The van der Waals surface area contributed by atoms with E-state index in [0.717, 1.165) is 12.8 Å². The number of alkyl halides is 3. The van der Waals surface area contributed by atoms with Gasteiger partial charge < -0.3 is 5.32 Å². The first-order valence-corrected chi connectivity index (χ1v) is 7.84. The van der Waals surface area contributed by atoms with E-state index in [0.29, 0.717) is 6.54 Å².